The highest BCUT2D eigenvalue weighted by Gasteiger charge is 2.40. The molecule has 0 radical (unpaired) electrons. The van der Waals surface area contributed by atoms with Crippen LogP contribution in [0.15, 0.2) is 84.6 Å². The molecule has 33 heavy (non-hydrogen) atoms. The number of carbonyl (C=O) groups excluding carboxylic acids is 2. The summed E-state index contributed by atoms with van der Waals surface area (Å²) in [6, 6.07) is 23.4. The van der Waals surface area contributed by atoms with Crippen LogP contribution < -0.4 is 19.7 Å². The van der Waals surface area contributed by atoms with Gasteiger partial charge in [0.25, 0.3) is 11.8 Å². The van der Waals surface area contributed by atoms with Crippen LogP contribution in [0.3, 0.4) is 0 Å². The summed E-state index contributed by atoms with van der Waals surface area (Å²) in [5.41, 5.74) is 2.26. The number of imide groups is 1. The second-order valence-electron chi connectivity index (χ2n) is 8.09. The van der Waals surface area contributed by atoms with Gasteiger partial charge in [0.1, 0.15) is 17.2 Å². The molecule has 6 nitrogen and oxygen atoms in total. The van der Waals surface area contributed by atoms with E-state index in [1.807, 2.05) is 42.5 Å². The summed E-state index contributed by atoms with van der Waals surface area (Å²) in [6.07, 6.45) is 0. The molecule has 4 rings (SSSR count). The number of rotatable bonds is 8. The van der Waals surface area contributed by atoms with Crippen molar-refractivity contribution in [3.8, 4) is 11.5 Å². The highest BCUT2D eigenvalue weighted by Crippen LogP contribution is 2.36. The monoisotopic (exact) mass is 442 g/mol. The van der Waals surface area contributed by atoms with Gasteiger partial charge in [0.05, 0.1) is 30.7 Å². The first-order valence-corrected chi connectivity index (χ1v) is 10.8. The van der Waals surface area contributed by atoms with Crippen LogP contribution in [0.2, 0.25) is 0 Å². The molecule has 168 valence electrons. The number of carbonyl (C=O) groups is 2. The number of nitrogens with zero attached hydrogens (tertiary/aromatic N) is 1. The smallest absolute Gasteiger partial charge is 0.282 e. The van der Waals surface area contributed by atoms with Crippen LogP contribution in [0.5, 0.6) is 11.5 Å². The molecule has 1 aliphatic rings. The molecule has 1 N–H and O–H groups in total. The Morgan fingerprint density at radius 1 is 0.848 bits per heavy atom. The molecule has 0 unspecified atom stereocenters. The van der Waals surface area contributed by atoms with Crippen molar-refractivity contribution < 1.29 is 19.1 Å². The topological polar surface area (TPSA) is 67.9 Å². The molecule has 6 heteroatoms. The van der Waals surface area contributed by atoms with Gasteiger partial charge in [-0.05, 0) is 47.9 Å². The number of nitrogens with one attached hydrogen (secondary N) is 1. The summed E-state index contributed by atoms with van der Waals surface area (Å²) in [7, 11) is 1.56. The zero-order valence-corrected chi connectivity index (χ0v) is 18.9. The summed E-state index contributed by atoms with van der Waals surface area (Å²) >= 11 is 0. The largest absolute Gasteiger partial charge is 0.495 e. The van der Waals surface area contributed by atoms with Crippen molar-refractivity contribution in [3.63, 3.8) is 0 Å². The quantitative estimate of drug-likeness (QED) is 0.490. The number of anilines is 2. The molecule has 0 spiro atoms. The van der Waals surface area contributed by atoms with Crippen LogP contribution in [-0.2, 0) is 9.59 Å². The average molecular weight is 443 g/mol. The van der Waals surface area contributed by atoms with Crippen molar-refractivity contribution in [1.29, 1.82) is 0 Å². The molecule has 2 amide bonds. The fraction of sp³-hybridized carbons (Fsp3) is 0.185. The van der Waals surface area contributed by atoms with Crippen LogP contribution in [0, 0.1) is 5.92 Å². The third-order valence-electron chi connectivity index (χ3n) is 5.19. The SMILES string of the molecule is COc1ccccc1NC1=C(c2ccccc2)C(=O)N(c2ccc(OCC(C)C)cc2)C1=O. The number of benzene rings is 3. The zero-order valence-electron chi connectivity index (χ0n) is 18.9. The van der Waals surface area contributed by atoms with Crippen molar-refractivity contribution in [2.45, 2.75) is 13.8 Å². The van der Waals surface area contributed by atoms with E-state index in [0.717, 1.165) is 0 Å². The molecular weight excluding hydrogens is 416 g/mol. The standard InChI is InChI=1S/C27H26N2O4/c1-18(2)17-33-21-15-13-20(14-16-21)29-26(30)24(19-9-5-4-6-10-19)25(27(29)31)28-22-11-7-8-12-23(22)32-3/h4-16,18,28H,17H2,1-3H3. The van der Waals surface area contributed by atoms with Gasteiger partial charge in [-0.2, -0.15) is 0 Å². The fourth-order valence-electron chi connectivity index (χ4n) is 3.59. The first kappa shape index (κ1) is 22.1. The molecule has 3 aromatic carbocycles. The minimum absolute atomic E-state index is 0.204. The zero-order chi connectivity index (χ0) is 23.4. The highest BCUT2D eigenvalue weighted by molar-refractivity contribution is 6.46. The van der Waals surface area contributed by atoms with E-state index in [4.69, 9.17) is 9.47 Å². The highest BCUT2D eigenvalue weighted by atomic mass is 16.5. The van der Waals surface area contributed by atoms with E-state index in [9.17, 15) is 9.59 Å². The van der Waals surface area contributed by atoms with Crippen molar-refractivity contribution in [2.24, 2.45) is 5.92 Å². The van der Waals surface area contributed by atoms with Crippen LogP contribution in [0.4, 0.5) is 11.4 Å². The third-order valence-corrected chi connectivity index (χ3v) is 5.19. The molecular formula is C27H26N2O4. The second kappa shape index (κ2) is 9.61. The molecule has 1 aliphatic heterocycles. The lowest BCUT2D eigenvalue weighted by Gasteiger charge is -2.17. The second-order valence-corrected chi connectivity index (χ2v) is 8.09. The van der Waals surface area contributed by atoms with Gasteiger partial charge in [-0.3, -0.25) is 9.59 Å². The molecule has 0 bridgehead atoms. The Hall–Kier alpha value is -4.06. The van der Waals surface area contributed by atoms with Crippen LogP contribution in [-0.4, -0.2) is 25.5 Å². The molecule has 0 aliphatic carbocycles. The molecule has 0 fully saturated rings. The maximum atomic E-state index is 13.5. The van der Waals surface area contributed by atoms with E-state index >= 15 is 0 Å². The van der Waals surface area contributed by atoms with E-state index in [2.05, 4.69) is 19.2 Å². The number of hydrogen-bond donors (Lipinski definition) is 1. The maximum Gasteiger partial charge on any atom is 0.282 e. The normalized spacial score (nSPS) is 13.6. The van der Waals surface area contributed by atoms with E-state index < -0.39 is 5.91 Å². The lowest BCUT2D eigenvalue weighted by atomic mass is 10.0. The molecule has 0 aromatic heterocycles. The fourth-order valence-corrected chi connectivity index (χ4v) is 3.59. The van der Waals surface area contributed by atoms with Crippen LogP contribution >= 0.6 is 0 Å². The molecule has 0 atom stereocenters. The van der Waals surface area contributed by atoms with Gasteiger partial charge in [-0.1, -0.05) is 56.3 Å². The Morgan fingerprint density at radius 3 is 2.18 bits per heavy atom. The van der Waals surface area contributed by atoms with Gasteiger partial charge in [0.2, 0.25) is 0 Å². The molecule has 0 saturated heterocycles. The predicted molar refractivity (Wildman–Crippen MR) is 129 cm³/mol. The first-order chi connectivity index (χ1) is 16.0. The Labute approximate surface area is 193 Å². The van der Waals surface area contributed by atoms with Crippen molar-refractivity contribution >= 4 is 28.8 Å². The number of methoxy groups -OCH3 is 1. The summed E-state index contributed by atoms with van der Waals surface area (Å²) in [6.45, 7) is 4.74. The van der Waals surface area contributed by atoms with Crippen molar-refractivity contribution in [2.75, 3.05) is 23.9 Å². The average Bonchev–Trinajstić information content (AvgIpc) is 3.08. The van der Waals surface area contributed by atoms with Gasteiger partial charge < -0.3 is 14.8 Å². The van der Waals surface area contributed by atoms with Gasteiger partial charge in [-0.15, -0.1) is 0 Å². The summed E-state index contributed by atoms with van der Waals surface area (Å²) in [5.74, 6) is 0.839. The Bertz CT molecular complexity index is 1180. The summed E-state index contributed by atoms with van der Waals surface area (Å²) < 4.78 is 11.1. The Morgan fingerprint density at radius 2 is 1.52 bits per heavy atom. The predicted octanol–water partition coefficient (Wildman–Crippen LogP) is 5.13. The van der Waals surface area contributed by atoms with E-state index in [1.54, 1.807) is 43.5 Å². The molecule has 1 heterocycles. The number of para-hydroxylation sites is 2. The van der Waals surface area contributed by atoms with Crippen LogP contribution in [0.25, 0.3) is 5.57 Å². The van der Waals surface area contributed by atoms with Crippen molar-refractivity contribution in [3.05, 3.63) is 90.1 Å². The summed E-state index contributed by atoms with van der Waals surface area (Å²) in [5, 5.41) is 3.15. The minimum atomic E-state index is -0.430. The number of amides is 2. The summed E-state index contributed by atoms with van der Waals surface area (Å²) in [4.78, 5) is 28.2. The van der Waals surface area contributed by atoms with Crippen molar-refractivity contribution in [1.82, 2.24) is 0 Å². The van der Waals surface area contributed by atoms with Gasteiger partial charge >= 0.3 is 0 Å². The lowest BCUT2D eigenvalue weighted by Crippen LogP contribution is -2.32. The Balaban J connectivity index is 1.71. The first-order valence-electron chi connectivity index (χ1n) is 10.8. The number of ether oxygens (including phenoxy) is 2. The lowest BCUT2D eigenvalue weighted by molar-refractivity contribution is -0.120. The van der Waals surface area contributed by atoms with E-state index in [-0.39, 0.29) is 11.6 Å². The Kier molecular flexibility index (Phi) is 6.45. The van der Waals surface area contributed by atoms with Crippen LogP contribution in [0.1, 0.15) is 19.4 Å². The van der Waals surface area contributed by atoms with E-state index in [0.29, 0.717) is 46.5 Å². The minimum Gasteiger partial charge on any atom is -0.495 e. The third kappa shape index (κ3) is 4.60. The van der Waals surface area contributed by atoms with Gasteiger partial charge in [-0.25, -0.2) is 4.90 Å². The molecule has 3 aromatic rings. The molecule has 0 saturated carbocycles. The van der Waals surface area contributed by atoms with Gasteiger partial charge in [0, 0.05) is 0 Å². The van der Waals surface area contributed by atoms with Gasteiger partial charge in [0.15, 0.2) is 0 Å². The number of hydrogen-bond acceptors (Lipinski definition) is 5. The van der Waals surface area contributed by atoms with E-state index in [1.165, 1.54) is 4.90 Å². The maximum absolute atomic E-state index is 13.5.